The monoisotopic (exact) mass is 262 g/mol. The molecule has 0 radical (unpaired) electrons. The maximum Gasteiger partial charge on any atom is 0.264 e. The Labute approximate surface area is 105 Å². The summed E-state index contributed by atoms with van der Waals surface area (Å²) < 4.78 is 3.67. The van der Waals surface area contributed by atoms with Crippen molar-refractivity contribution in [3.05, 3.63) is 11.1 Å². The van der Waals surface area contributed by atoms with Crippen LogP contribution in [0.15, 0.2) is 6.20 Å². The van der Waals surface area contributed by atoms with Gasteiger partial charge in [0.1, 0.15) is 4.88 Å². The van der Waals surface area contributed by atoms with Crippen molar-refractivity contribution in [2.45, 2.75) is 31.8 Å². The Bertz CT molecular complexity index is 332. The van der Waals surface area contributed by atoms with E-state index in [-0.39, 0.29) is 24.4 Å². The molecule has 1 saturated heterocycles. The maximum absolute atomic E-state index is 11.7. The number of rotatable bonds is 2. The summed E-state index contributed by atoms with van der Waals surface area (Å²) in [6.07, 6.45) is 3.48. The molecule has 0 aromatic carbocycles. The van der Waals surface area contributed by atoms with Crippen LogP contribution in [0.4, 0.5) is 0 Å². The van der Waals surface area contributed by atoms with Crippen molar-refractivity contribution in [2.75, 3.05) is 6.54 Å². The standard InChI is InChI=1S/C9H14N4OS.ClH/c1-6-4-7(2-3-10-6)12-9(14)8-5-11-13-15-8;/h5-7,10H,2-4H2,1H3,(H,12,14);1H. The van der Waals surface area contributed by atoms with E-state index in [0.717, 1.165) is 30.9 Å². The summed E-state index contributed by atoms with van der Waals surface area (Å²) >= 11 is 1.13. The van der Waals surface area contributed by atoms with Crippen molar-refractivity contribution >= 4 is 29.8 Å². The molecule has 2 rings (SSSR count). The lowest BCUT2D eigenvalue weighted by Gasteiger charge is -2.28. The van der Waals surface area contributed by atoms with Crippen molar-refractivity contribution in [3.63, 3.8) is 0 Å². The van der Waals surface area contributed by atoms with E-state index in [1.54, 1.807) is 0 Å². The molecule has 2 N–H and O–H groups in total. The number of aromatic nitrogens is 2. The molecule has 0 saturated carbocycles. The summed E-state index contributed by atoms with van der Waals surface area (Å²) in [6.45, 7) is 3.10. The third kappa shape index (κ3) is 3.40. The molecular formula is C9H15ClN4OS. The van der Waals surface area contributed by atoms with Crippen LogP contribution in [0.25, 0.3) is 0 Å². The Balaban J connectivity index is 0.00000128. The van der Waals surface area contributed by atoms with Crippen molar-refractivity contribution in [2.24, 2.45) is 0 Å². The predicted molar refractivity (Wildman–Crippen MR) is 65.1 cm³/mol. The van der Waals surface area contributed by atoms with Crippen LogP contribution in [0.2, 0.25) is 0 Å². The van der Waals surface area contributed by atoms with Crippen molar-refractivity contribution < 1.29 is 4.79 Å². The third-order valence-corrected chi connectivity index (χ3v) is 3.21. The van der Waals surface area contributed by atoms with Gasteiger partial charge in [-0.3, -0.25) is 4.79 Å². The molecule has 90 valence electrons. The van der Waals surface area contributed by atoms with E-state index in [9.17, 15) is 4.79 Å². The van der Waals surface area contributed by atoms with E-state index in [4.69, 9.17) is 0 Å². The predicted octanol–water partition coefficient (Wildman–Crippen LogP) is 0.830. The van der Waals surface area contributed by atoms with Gasteiger partial charge in [-0.1, -0.05) is 4.49 Å². The first kappa shape index (κ1) is 13.3. The highest BCUT2D eigenvalue weighted by Crippen LogP contribution is 2.10. The molecule has 1 aromatic rings. The molecule has 1 amide bonds. The van der Waals surface area contributed by atoms with Gasteiger partial charge in [0.05, 0.1) is 6.20 Å². The summed E-state index contributed by atoms with van der Waals surface area (Å²) in [7, 11) is 0. The minimum absolute atomic E-state index is 0. The van der Waals surface area contributed by atoms with Gasteiger partial charge < -0.3 is 10.6 Å². The number of carbonyl (C=O) groups excluding carboxylic acids is 1. The smallest absolute Gasteiger partial charge is 0.264 e. The normalized spacial score (nSPS) is 24.6. The van der Waals surface area contributed by atoms with Gasteiger partial charge in [0.2, 0.25) is 0 Å². The lowest BCUT2D eigenvalue weighted by atomic mass is 10.0. The number of carbonyl (C=O) groups is 1. The van der Waals surface area contributed by atoms with Crippen LogP contribution in [0.5, 0.6) is 0 Å². The molecule has 7 heteroatoms. The summed E-state index contributed by atoms with van der Waals surface area (Å²) in [5.41, 5.74) is 0. The second kappa shape index (κ2) is 6.12. The molecule has 0 aliphatic carbocycles. The number of piperidine rings is 1. The first-order valence-corrected chi connectivity index (χ1v) is 5.84. The van der Waals surface area contributed by atoms with E-state index < -0.39 is 0 Å². The second-order valence-electron chi connectivity index (χ2n) is 3.83. The SMILES string of the molecule is CC1CC(NC(=O)c2cnns2)CCN1.Cl. The van der Waals surface area contributed by atoms with Crippen LogP contribution in [0.3, 0.4) is 0 Å². The number of amides is 1. The quantitative estimate of drug-likeness (QED) is 0.829. The molecule has 1 aromatic heterocycles. The van der Waals surface area contributed by atoms with E-state index in [2.05, 4.69) is 27.1 Å². The molecule has 16 heavy (non-hydrogen) atoms. The van der Waals surface area contributed by atoms with Crippen LogP contribution < -0.4 is 10.6 Å². The summed E-state index contributed by atoms with van der Waals surface area (Å²) in [5, 5.41) is 10.00. The van der Waals surface area contributed by atoms with E-state index in [1.807, 2.05) is 0 Å². The van der Waals surface area contributed by atoms with Gasteiger partial charge >= 0.3 is 0 Å². The van der Waals surface area contributed by atoms with Crippen molar-refractivity contribution in [1.29, 1.82) is 0 Å². The number of nitrogens with one attached hydrogen (secondary N) is 2. The van der Waals surface area contributed by atoms with Gasteiger partial charge in [-0.15, -0.1) is 17.5 Å². The average molecular weight is 263 g/mol. The minimum Gasteiger partial charge on any atom is -0.348 e. The number of halogens is 1. The molecule has 1 aliphatic heterocycles. The fourth-order valence-electron chi connectivity index (χ4n) is 1.79. The molecule has 5 nitrogen and oxygen atoms in total. The molecule has 1 fully saturated rings. The van der Waals surface area contributed by atoms with Crippen LogP contribution in [-0.2, 0) is 0 Å². The van der Waals surface area contributed by atoms with E-state index >= 15 is 0 Å². The fourth-order valence-corrected chi connectivity index (χ4v) is 2.21. The Morgan fingerprint density at radius 1 is 1.69 bits per heavy atom. The topological polar surface area (TPSA) is 66.9 Å². The first-order valence-electron chi connectivity index (χ1n) is 5.07. The van der Waals surface area contributed by atoms with E-state index in [1.165, 1.54) is 6.20 Å². The highest BCUT2D eigenvalue weighted by molar-refractivity contribution is 7.07. The molecule has 2 heterocycles. The van der Waals surface area contributed by atoms with Gasteiger partial charge in [0.25, 0.3) is 5.91 Å². The minimum atomic E-state index is -0.0518. The fraction of sp³-hybridized carbons (Fsp3) is 0.667. The lowest BCUT2D eigenvalue weighted by molar-refractivity contribution is 0.0929. The van der Waals surface area contributed by atoms with Crippen LogP contribution >= 0.6 is 23.9 Å². The van der Waals surface area contributed by atoms with Gasteiger partial charge in [0.15, 0.2) is 0 Å². The third-order valence-electron chi connectivity index (χ3n) is 2.54. The molecule has 2 atom stereocenters. The highest BCUT2D eigenvalue weighted by atomic mass is 35.5. The largest absolute Gasteiger partial charge is 0.348 e. The van der Waals surface area contributed by atoms with Crippen molar-refractivity contribution in [1.82, 2.24) is 20.2 Å². The lowest BCUT2D eigenvalue weighted by Crippen LogP contribution is -2.46. The number of nitrogens with zero attached hydrogens (tertiary/aromatic N) is 2. The van der Waals surface area contributed by atoms with Gasteiger partial charge in [0, 0.05) is 12.1 Å². The second-order valence-corrected chi connectivity index (χ2v) is 4.62. The van der Waals surface area contributed by atoms with Crippen molar-refractivity contribution in [3.8, 4) is 0 Å². The van der Waals surface area contributed by atoms with E-state index in [0.29, 0.717) is 10.9 Å². The first-order chi connectivity index (χ1) is 7.25. The molecule has 0 bridgehead atoms. The Hall–Kier alpha value is -0.720. The molecular weight excluding hydrogens is 248 g/mol. The highest BCUT2D eigenvalue weighted by Gasteiger charge is 2.20. The average Bonchev–Trinajstić information content (AvgIpc) is 2.70. The summed E-state index contributed by atoms with van der Waals surface area (Å²) in [4.78, 5) is 12.3. The van der Waals surface area contributed by atoms with Crippen LogP contribution in [0, 0.1) is 0 Å². The van der Waals surface area contributed by atoms with Gasteiger partial charge in [-0.05, 0) is 37.8 Å². The molecule has 0 spiro atoms. The molecule has 2 unspecified atom stereocenters. The Morgan fingerprint density at radius 3 is 3.12 bits per heavy atom. The zero-order chi connectivity index (χ0) is 10.7. The number of hydrogen-bond donors (Lipinski definition) is 2. The van der Waals surface area contributed by atoms with Gasteiger partial charge in [-0.25, -0.2) is 0 Å². The zero-order valence-corrected chi connectivity index (χ0v) is 10.6. The molecule has 1 aliphatic rings. The van der Waals surface area contributed by atoms with Gasteiger partial charge in [-0.2, -0.15) is 0 Å². The summed E-state index contributed by atoms with van der Waals surface area (Å²) in [5.74, 6) is -0.0518. The Kier molecular flexibility index (Phi) is 5.11. The van der Waals surface area contributed by atoms with Crippen LogP contribution in [0.1, 0.15) is 29.4 Å². The number of hydrogen-bond acceptors (Lipinski definition) is 5. The zero-order valence-electron chi connectivity index (χ0n) is 8.97. The summed E-state index contributed by atoms with van der Waals surface area (Å²) in [6, 6.07) is 0.750. The maximum atomic E-state index is 11.7. The Morgan fingerprint density at radius 2 is 2.50 bits per heavy atom. The van der Waals surface area contributed by atoms with Crippen LogP contribution in [-0.4, -0.2) is 34.1 Å².